The van der Waals surface area contributed by atoms with Crippen LogP contribution in [0.15, 0.2) is 24.5 Å². The summed E-state index contributed by atoms with van der Waals surface area (Å²) in [5.74, 6) is 0.801. The van der Waals surface area contributed by atoms with Crippen LogP contribution in [0.4, 0.5) is 0 Å². The van der Waals surface area contributed by atoms with Gasteiger partial charge in [0, 0.05) is 24.5 Å². The van der Waals surface area contributed by atoms with Crippen molar-refractivity contribution in [3.63, 3.8) is 0 Å². The van der Waals surface area contributed by atoms with Crippen molar-refractivity contribution in [1.82, 2.24) is 9.88 Å². The van der Waals surface area contributed by atoms with E-state index in [9.17, 15) is 0 Å². The average Bonchev–Trinajstić information content (AvgIpc) is 2.34. The predicted molar refractivity (Wildman–Crippen MR) is 75.1 cm³/mol. The Morgan fingerprint density at radius 3 is 2.94 bits per heavy atom. The van der Waals surface area contributed by atoms with Crippen LogP contribution in [-0.2, 0) is 6.54 Å². The Hall–Kier alpha value is -0.930. The van der Waals surface area contributed by atoms with E-state index in [4.69, 9.17) is 5.73 Å². The molecule has 0 spiro atoms. The van der Waals surface area contributed by atoms with Gasteiger partial charge in [0.2, 0.25) is 0 Å². The molecule has 2 heterocycles. The molecule has 1 atom stereocenters. The van der Waals surface area contributed by atoms with Gasteiger partial charge in [-0.25, -0.2) is 0 Å². The summed E-state index contributed by atoms with van der Waals surface area (Å²) in [7, 11) is 0. The number of pyridine rings is 1. The van der Waals surface area contributed by atoms with Crippen molar-refractivity contribution < 1.29 is 0 Å². The number of rotatable bonds is 4. The first-order valence-electron chi connectivity index (χ1n) is 6.96. The summed E-state index contributed by atoms with van der Waals surface area (Å²) in [5, 5.41) is 0. The lowest BCUT2D eigenvalue weighted by molar-refractivity contribution is 0.0378. The van der Waals surface area contributed by atoms with Gasteiger partial charge in [-0.3, -0.25) is 9.88 Å². The molecule has 0 aliphatic carbocycles. The molecule has 0 aromatic carbocycles. The quantitative estimate of drug-likeness (QED) is 0.888. The Morgan fingerprint density at radius 2 is 2.33 bits per heavy atom. The molecule has 2 rings (SSSR count). The molecular weight excluding hydrogens is 222 g/mol. The van der Waals surface area contributed by atoms with Crippen molar-refractivity contribution in [3.8, 4) is 0 Å². The molecule has 1 unspecified atom stereocenters. The van der Waals surface area contributed by atoms with Crippen molar-refractivity contribution >= 4 is 0 Å². The first kappa shape index (κ1) is 13.5. The van der Waals surface area contributed by atoms with E-state index in [1.807, 2.05) is 18.5 Å². The van der Waals surface area contributed by atoms with Crippen LogP contribution in [0.25, 0.3) is 0 Å². The fraction of sp³-hybridized carbons (Fsp3) is 0.667. The zero-order chi connectivity index (χ0) is 13.0. The maximum atomic E-state index is 5.68. The SMILES string of the molecule is CC1(C)CC(CCN)CCN1Cc1cccnc1. The summed E-state index contributed by atoms with van der Waals surface area (Å²) in [6, 6.07) is 4.18. The van der Waals surface area contributed by atoms with Gasteiger partial charge in [0.15, 0.2) is 0 Å². The lowest BCUT2D eigenvalue weighted by atomic mass is 9.81. The fourth-order valence-corrected chi connectivity index (χ4v) is 3.07. The minimum absolute atomic E-state index is 0.272. The molecule has 0 radical (unpaired) electrons. The van der Waals surface area contributed by atoms with Crippen LogP contribution < -0.4 is 5.73 Å². The third kappa shape index (κ3) is 3.30. The highest BCUT2D eigenvalue weighted by molar-refractivity contribution is 5.09. The lowest BCUT2D eigenvalue weighted by Gasteiger charge is -2.46. The average molecular weight is 247 g/mol. The molecule has 0 bridgehead atoms. The first-order chi connectivity index (χ1) is 8.62. The van der Waals surface area contributed by atoms with Crippen LogP contribution in [0.1, 0.15) is 38.7 Å². The van der Waals surface area contributed by atoms with Gasteiger partial charge in [-0.15, -0.1) is 0 Å². The van der Waals surface area contributed by atoms with E-state index in [2.05, 4.69) is 29.8 Å². The Balaban J connectivity index is 1.98. The van der Waals surface area contributed by atoms with Gasteiger partial charge in [-0.2, -0.15) is 0 Å². The molecule has 1 aliphatic heterocycles. The van der Waals surface area contributed by atoms with E-state index < -0.39 is 0 Å². The predicted octanol–water partition coefficient (Wildman–Crippen LogP) is 2.42. The molecule has 0 saturated carbocycles. The van der Waals surface area contributed by atoms with Gasteiger partial charge in [0.1, 0.15) is 0 Å². The summed E-state index contributed by atoms with van der Waals surface area (Å²) >= 11 is 0. The van der Waals surface area contributed by atoms with Gasteiger partial charge < -0.3 is 5.73 Å². The molecule has 3 heteroatoms. The molecule has 1 aromatic heterocycles. The van der Waals surface area contributed by atoms with Crippen LogP contribution in [0.2, 0.25) is 0 Å². The normalized spacial score (nSPS) is 24.1. The van der Waals surface area contributed by atoms with Crippen molar-refractivity contribution in [3.05, 3.63) is 30.1 Å². The van der Waals surface area contributed by atoms with E-state index in [0.717, 1.165) is 19.0 Å². The van der Waals surface area contributed by atoms with E-state index >= 15 is 0 Å². The highest BCUT2D eigenvalue weighted by Gasteiger charge is 2.34. The number of aromatic nitrogens is 1. The number of hydrogen-bond donors (Lipinski definition) is 1. The van der Waals surface area contributed by atoms with Gasteiger partial charge in [-0.05, 0) is 63.7 Å². The number of nitrogens with zero attached hydrogens (tertiary/aromatic N) is 2. The summed E-state index contributed by atoms with van der Waals surface area (Å²) in [5.41, 5.74) is 7.26. The summed E-state index contributed by atoms with van der Waals surface area (Å²) in [6.07, 6.45) is 7.51. The highest BCUT2D eigenvalue weighted by Crippen LogP contribution is 2.33. The van der Waals surface area contributed by atoms with Crippen LogP contribution >= 0.6 is 0 Å². The molecule has 100 valence electrons. The summed E-state index contributed by atoms with van der Waals surface area (Å²) in [6.45, 7) is 7.71. The third-order valence-electron chi connectivity index (χ3n) is 4.12. The van der Waals surface area contributed by atoms with Gasteiger partial charge in [-0.1, -0.05) is 6.07 Å². The Bertz CT molecular complexity index is 361. The first-order valence-corrected chi connectivity index (χ1v) is 6.96. The smallest absolute Gasteiger partial charge is 0.0312 e. The van der Waals surface area contributed by atoms with Gasteiger partial charge in [0.05, 0.1) is 0 Å². The largest absolute Gasteiger partial charge is 0.330 e. The third-order valence-corrected chi connectivity index (χ3v) is 4.12. The molecule has 1 saturated heterocycles. The molecule has 18 heavy (non-hydrogen) atoms. The zero-order valence-electron chi connectivity index (χ0n) is 11.6. The van der Waals surface area contributed by atoms with Gasteiger partial charge in [0.25, 0.3) is 0 Å². The monoisotopic (exact) mass is 247 g/mol. The Labute approximate surface area is 110 Å². The topological polar surface area (TPSA) is 42.1 Å². The fourth-order valence-electron chi connectivity index (χ4n) is 3.07. The number of nitrogens with two attached hydrogens (primary N) is 1. The van der Waals surface area contributed by atoms with Crippen molar-refractivity contribution in [2.75, 3.05) is 13.1 Å². The molecule has 1 aliphatic rings. The Kier molecular flexibility index (Phi) is 4.36. The number of piperidine rings is 1. The van der Waals surface area contributed by atoms with Crippen LogP contribution in [0.3, 0.4) is 0 Å². The molecule has 2 N–H and O–H groups in total. The van der Waals surface area contributed by atoms with E-state index in [1.165, 1.54) is 31.4 Å². The van der Waals surface area contributed by atoms with Crippen LogP contribution in [0.5, 0.6) is 0 Å². The van der Waals surface area contributed by atoms with E-state index in [-0.39, 0.29) is 5.54 Å². The van der Waals surface area contributed by atoms with Crippen molar-refractivity contribution in [1.29, 1.82) is 0 Å². The molecule has 1 aromatic rings. The minimum atomic E-state index is 0.272. The highest BCUT2D eigenvalue weighted by atomic mass is 15.2. The zero-order valence-corrected chi connectivity index (χ0v) is 11.6. The molecule has 3 nitrogen and oxygen atoms in total. The second-order valence-electron chi connectivity index (χ2n) is 6.03. The maximum Gasteiger partial charge on any atom is 0.0312 e. The van der Waals surface area contributed by atoms with Crippen molar-refractivity contribution in [2.24, 2.45) is 11.7 Å². The molecule has 1 fully saturated rings. The lowest BCUT2D eigenvalue weighted by Crippen LogP contribution is -2.49. The molecular formula is C15H25N3. The van der Waals surface area contributed by atoms with Gasteiger partial charge >= 0.3 is 0 Å². The standard InChI is InChI=1S/C15H25N3/c1-15(2)10-13(5-7-16)6-9-18(15)12-14-4-3-8-17-11-14/h3-4,8,11,13H,5-7,9-10,12,16H2,1-2H3. The van der Waals surface area contributed by atoms with E-state index in [1.54, 1.807) is 0 Å². The minimum Gasteiger partial charge on any atom is -0.330 e. The molecule has 0 amide bonds. The summed E-state index contributed by atoms with van der Waals surface area (Å²) in [4.78, 5) is 6.78. The van der Waals surface area contributed by atoms with Crippen LogP contribution in [0, 0.1) is 5.92 Å². The Morgan fingerprint density at radius 1 is 1.50 bits per heavy atom. The van der Waals surface area contributed by atoms with E-state index in [0.29, 0.717) is 0 Å². The second kappa shape index (κ2) is 5.81. The number of likely N-dealkylation sites (tertiary alicyclic amines) is 1. The second-order valence-corrected chi connectivity index (χ2v) is 6.03. The number of hydrogen-bond acceptors (Lipinski definition) is 3. The van der Waals surface area contributed by atoms with Crippen molar-refractivity contribution in [2.45, 2.75) is 45.2 Å². The maximum absolute atomic E-state index is 5.68. The summed E-state index contributed by atoms with van der Waals surface area (Å²) < 4.78 is 0. The van der Waals surface area contributed by atoms with Crippen LogP contribution in [-0.4, -0.2) is 28.5 Å².